The third kappa shape index (κ3) is 3.19. The molecular formula is C12H24N2O2. The van der Waals surface area contributed by atoms with Crippen LogP contribution in [0.4, 0.5) is 0 Å². The lowest BCUT2D eigenvalue weighted by Crippen LogP contribution is -2.55. The lowest BCUT2D eigenvalue weighted by Gasteiger charge is -2.36. The molecule has 0 spiro atoms. The van der Waals surface area contributed by atoms with Crippen molar-refractivity contribution in [1.29, 1.82) is 0 Å². The molecule has 0 bridgehead atoms. The zero-order chi connectivity index (χ0) is 12.2. The maximum atomic E-state index is 11.6. The molecule has 4 heteroatoms. The van der Waals surface area contributed by atoms with E-state index in [0.29, 0.717) is 18.5 Å². The van der Waals surface area contributed by atoms with Crippen molar-refractivity contribution in [3.05, 3.63) is 0 Å². The van der Waals surface area contributed by atoms with E-state index in [1.807, 2.05) is 13.8 Å². The van der Waals surface area contributed by atoms with Gasteiger partial charge in [0.15, 0.2) is 0 Å². The number of hydrogen-bond donors (Lipinski definition) is 2. The summed E-state index contributed by atoms with van der Waals surface area (Å²) in [6.07, 6.45) is 4.72. The van der Waals surface area contributed by atoms with Gasteiger partial charge in [0, 0.05) is 6.04 Å². The Bertz CT molecular complexity index is 241. The summed E-state index contributed by atoms with van der Waals surface area (Å²) in [6.45, 7) is 4.41. The second kappa shape index (κ2) is 5.64. The van der Waals surface area contributed by atoms with Crippen LogP contribution >= 0.6 is 0 Å². The van der Waals surface area contributed by atoms with Crippen LogP contribution in [0.1, 0.15) is 39.5 Å². The zero-order valence-electron chi connectivity index (χ0n) is 10.6. The third-order valence-electron chi connectivity index (χ3n) is 3.45. The normalized spacial score (nSPS) is 26.5. The number of carbonyl (C=O) groups is 1. The van der Waals surface area contributed by atoms with Crippen LogP contribution < -0.4 is 11.1 Å². The second-order valence-corrected chi connectivity index (χ2v) is 5.15. The van der Waals surface area contributed by atoms with E-state index < -0.39 is 5.54 Å². The average molecular weight is 228 g/mol. The Morgan fingerprint density at radius 2 is 2.06 bits per heavy atom. The molecule has 2 atom stereocenters. The fourth-order valence-electron chi connectivity index (χ4n) is 2.46. The number of methoxy groups -OCH3 is 1. The highest BCUT2D eigenvalue weighted by atomic mass is 16.5. The number of carbonyl (C=O) groups excluding carboxylic acids is 1. The first-order valence-corrected chi connectivity index (χ1v) is 6.07. The highest BCUT2D eigenvalue weighted by Crippen LogP contribution is 2.25. The molecule has 1 aliphatic carbocycles. The largest absolute Gasteiger partial charge is 0.468 e. The van der Waals surface area contributed by atoms with Crippen LogP contribution in [0.3, 0.4) is 0 Å². The molecule has 0 saturated heterocycles. The summed E-state index contributed by atoms with van der Waals surface area (Å²) in [5.74, 6) is 0.270. The number of ether oxygens (including phenoxy) is 1. The van der Waals surface area contributed by atoms with Crippen molar-refractivity contribution in [3.8, 4) is 0 Å². The van der Waals surface area contributed by atoms with Gasteiger partial charge >= 0.3 is 5.97 Å². The van der Waals surface area contributed by atoms with Crippen molar-refractivity contribution in [2.45, 2.75) is 51.1 Å². The zero-order valence-corrected chi connectivity index (χ0v) is 10.6. The minimum Gasteiger partial charge on any atom is -0.468 e. The average Bonchev–Trinajstić information content (AvgIpc) is 2.28. The summed E-state index contributed by atoms with van der Waals surface area (Å²) in [4.78, 5) is 11.6. The Morgan fingerprint density at radius 1 is 1.44 bits per heavy atom. The highest BCUT2D eigenvalue weighted by Gasteiger charge is 2.34. The van der Waals surface area contributed by atoms with E-state index in [-0.39, 0.29) is 5.97 Å². The maximum absolute atomic E-state index is 11.6. The van der Waals surface area contributed by atoms with E-state index in [1.54, 1.807) is 0 Å². The summed E-state index contributed by atoms with van der Waals surface area (Å²) >= 11 is 0. The molecule has 0 aliphatic heterocycles. The summed E-state index contributed by atoms with van der Waals surface area (Å²) in [5, 5.41) is 3.39. The number of nitrogens with two attached hydrogens (primary N) is 1. The molecule has 0 heterocycles. The molecule has 3 N–H and O–H groups in total. The van der Waals surface area contributed by atoms with E-state index >= 15 is 0 Å². The van der Waals surface area contributed by atoms with Crippen molar-refractivity contribution < 1.29 is 9.53 Å². The lowest BCUT2D eigenvalue weighted by atomic mass is 9.83. The fourth-order valence-corrected chi connectivity index (χ4v) is 2.46. The first kappa shape index (κ1) is 13.5. The molecule has 0 aromatic carbocycles. The smallest absolute Gasteiger partial charge is 0.325 e. The Kier molecular flexibility index (Phi) is 4.74. The maximum Gasteiger partial charge on any atom is 0.325 e. The molecule has 0 aromatic heterocycles. The van der Waals surface area contributed by atoms with Crippen LogP contribution in [0.2, 0.25) is 0 Å². The van der Waals surface area contributed by atoms with Crippen LogP contribution in [0.15, 0.2) is 0 Å². The fraction of sp³-hybridized carbons (Fsp3) is 0.917. The molecule has 0 amide bonds. The van der Waals surface area contributed by atoms with Gasteiger partial charge in [-0.2, -0.15) is 0 Å². The molecule has 16 heavy (non-hydrogen) atoms. The van der Waals surface area contributed by atoms with Crippen LogP contribution in [0.25, 0.3) is 0 Å². The van der Waals surface area contributed by atoms with Gasteiger partial charge in [0.1, 0.15) is 5.54 Å². The van der Waals surface area contributed by atoms with Gasteiger partial charge in [-0.1, -0.05) is 12.8 Å². The van der Waals surface area contributed by atoms with Gasteiger partial charge in [-0.3, -0.25) is 10.1 Å². The molecule has 94 valence electrons. The predicted octanol–water partition coefficient (Wildman–Crippen LogP) is 1.05. The first-order chi connectivity index (χ1) is 7.51. The van der Waals surface area contributed by atoms with Crippen molar-refractivity contribution in [2.75, 3.05) is 13.7 Å². The summed E-state index contributed by atoms with van der Waals surface area (Å²) in [5.41, 5.74) is 5.14. The van der Waals surface area contributed by atoms with E-state index in [0.717, 1.165) is 12.8 Å². The Labute approximate surface area is 97.9 Å². The van der Waals surface area contributed by atoms with Gasteiger partial charge in [-0.25, -0.2) is 0 Å². The summed E-state index contributed by atoms with van der Waals surface area (Å²) < 4.78 is 4.79. The molecule has 0 aromatic rings. The Balaban J connectivity index is 2.60. The van der Waals surface area contributed by atoms with Gasteiger partial charge < -0.3 is 10.5 Å². The van der Waals surface area contributed by atoms with Gasteiger partial charge in [-0.05, 0) is 39.2 Å². The Morgan fingerprint density at radius 3 is 2.62 bits per heavy atom. The summed E-state index contributed by atoms with van der Waals surface area (Å²) in [7, 11) is 1.42. The number of rotatable bonds is 4. The number of esters is 1. The number of nitrogens with one attached hydrogen (secondary N) is 1. The molecular weight excluding hydrogens is 204 g/mol. The minimum absolute atomic E-state index is 0.214. The van der Waals surface area contributed by atoms with Gasteiger partial charge in [0.2, 0.25) is 0 Å². The SMILES string of the molecule is COC(=O)C(C)(C)NC1CCCCC1CN. The van der Waals surface area contributed by atoms with E-state index in [9.17, 15) is 4.79 Å². The van der Waals surface area contributed by atoms with Crippen LogP contribution in [-0.4, -0.2) is 31.2 Å². The third-order valence-corrected chi connectivity index (χ3v) is 3.45. The molecule has 1 aliphatic rings. The molecule has 0 radical (unpaired) electrons. The molecule has 1 fully saturated rings. The number of hydrogen-bond acceptors (Lipinski definition) is 4. The topological polar surface area (TPSA) is 64.3 Å². The summed E-state index contributed by atoms with van der Waals surface area (Å²) in [6, 6.07) is 0.341. The molecule has 4 nitrogen and oxygen atoms in total. The van der Waals surface area contributed by atoms with E-state index in [4.69, 9.17) is 10.5 Å². The first-order valence-electron chi connectivity index (χ1n) is 6.07. The standard InChI is InChI=1S/C12H24N2O2/c1-12(2,11(15)16-3)14-10-7-5-4-6-9(10)8-13/h9-10,14H,4-8,13H2,1-3H3. The second-order valence-electron chi connectivity index (χ2n) is 5.15. The van der Waals surface area contributed by atoms with Gasteiger partial charge in [0.05, 0.1) is 7.11 Å². The molecule has 2 unspecified atom stereocenters. The lowest BCUT2D eigenvalue weighted by molar-refractivity contribution is -0.147. The van der Waals surface area contributed by atoms with Crippen molar-refractivity contribution in [2.24, 2.45) is 11.7 Å². The van der Waals surface area contributed by atoms with Crippen LogP contribution in [0, 0.1) is 5.92 Å². The minimum atomic E-state index is -0.621. The van der Waals surface area contributed by atoms with E-state index in [1.165, 1.54) is 20.0 Å². The van der Waals surface area contributed by atoms with Gasteiger partial charge in [-0.15, -0.1) is 0 Å². The van der Waals surface area contributed by atoms with Crippen LogP contribution in [0.5, 0.6) is 0 Å². The quantitative estimate of drug-likeness (QED) is 0.706. The van der Waals surface area contributed by atoms with Crippen molar-refractivity contribution in [3.63, 3.8) is 0 Å². The van der Waals surface area contributed by atoms with E-state index in [2.05, 4.69) is 5.32 Å². The molecule has 1 saturated carbocycles. The van der Waals surface area contributed by atoms with Gasteiger partial charge in [0.25, 0.3) is 0 Å². The predicted molar refractivity (Wildman–Crippen MR) is 64.0 cm³/mol. The molecule has 1 rings (SSSR count). The van der Waals surface area contributed by atoms with Crippen LogP contribution in [-0.2, 0) is 9.53 Å². The van der Waals surface area contributed by atoms with Crippen molar-refractivity contribution in [1.82, 2.24) is 5.32 Å². The monoisotopic (exact) mass is 228 g/mol. The highest BCUT2D eigenvalue weighted by molar-refractivity contribution is 5.79. The Hall–Kier alpha value is -0.610. The van der Waals surface area contributed by atoms with Crippen molar-refractivity contribution >= 4 is 5.97 Å².